The predicted octanol–water partition coefficient (Wildman–Crippen LogP) is 3.35. The number of thiazole rings is 1. The summed E-state index contributed by atoms with van der Waals surface area (Å²) >= 11 is 2.68. The van der Waals surface area contributed by atoms with Gasteiger partial charge in [-0.2, -0.15) is 0 Å². The van der Waals surface area contributed by atoms with Crippen LogP contribution in [0.1, 0.15) is 20.8 Å². The smallest absolute Gasteiger partial charge is 0.275 e. The first-order chi connectivity index (χ1) is 11.8. The Labute approximate surface area is 151 Å². The third-order valence-corrected chi connectivity index (χ3v) is 7.07. The molecule has 6 nitrogen and oxygen atoms in total. The molecule has 0 atom stereocenters. The number of carbonyl (C=O) groups is 1. The fourth-order valence-electron chi connectivity index (χ4n) is 2.58. The summed E-state index contributed by atoms with van der Waals surface area (Å²) in [6, 6.07) is 6.78. The molecule has 1 N–H and O–H groups in total. The Bertz CT molecular complexity index is 1230. The summed E-state index contributed by atoms with van der Waals surface area (Å²) in [7, 11) is -3.93. The molecule has 0 saturated heterocycles. The zero-order chi connectivity index (χ0) is 17.8. The first-order valence-corrected chi connectivity index (χ1v) is 10.5. The van der Waals surface area contributed by atoms with Crippen molar-refractivity contribution in [1.82, 2.24) is 14.1 Å². The molecule has 9 heteroatoms. The van der Waals surface area contributed by atoms with E-state index in [1.165, 1.54) is 22.7 Å². The second kappa shape index (κ2) is 5.65. The molecule has 0 radical (unpaired) electrons. The Morgan fingerprint density at radius 2 is 2.04 bits per heavy atom. The molecule has 0 aliphatic rings. The van der Waals surface area contributed by atoms with Gasteiger partial charge in [-0.3, -0.25) is 9.20 Å². The van der Waals surface area contributed by atoms with E-state index in [9.17, 15) is 13.2 Å². The number of hydrogen-bond acceptors (Lipinski definition) is 6. The van der Waals surface area contributed by atoms with E-state index in [0.29, 0.717) is 15.3 Å². The summed E-state index contributed by atoms with van der Waals surface area (Å²) < 4.78 is 29.2. The third kappa shape index (κ3) is 2.74. The number of imidazole rings is 1. The van der Waals surface area contributed by atoms with Crippen LogP contribution in [0.5, 0.6) is 0 Å². The minimum Gasteiger partial charge on any atom is -0.289 e. The van der Waals surface area contributed by atoms with Crippen LogP contribution in [0.15, 0.2) is 40.7 Å². The zero-order valence-electron chi connectivity index (χ0n) is 13.3. The number of hydrogen-bond donors (Lipinski definition) is 1. The van der Waals surface area contributed by atoms with E-state index in [0.717, 1.165) is 16.0 Å². The lowest BCUT2D eigenvalue weighted by Gasteiger charge is -2.09. The Morgan fingerprint density at radius 3 is 2.84 bits per heavy atom. The second-order valence-corrected chi connectivity index (χ2v) is 9.23. The van der Waals surface area contributed by atoms with Crippen LogP contribution in [-0.2, 0) is 10.0 Å². The van der Waals surface area contributed by atoms with Crippen molar-refractivity contribution in [3.8, 4) is 0 Å². The van der Waals surface area contributed by atoms with Crippen LogP contribution in [-0.4, -0.2) is 23.7 Å². The Balaban J connectivity index is 1.68. The van der Waals surface area contributed by atoms with Crippen LogP contribution in [0.3, 0.4) is 0 Å². The molecule has 25 heavy (non-hydrogen) atoms. The van der Waals surface area contributed by atoms with Gasteiger partial charge in [-0.25, -0.2) is 18.1 Å². The van der Waals surface area contributed by atoms with E-state index in [1.807, 2.05) is 22.0 Å². The summed E-state index contributed by atoms with van der Waals surface area (Å²) in [6.45, 7) is 3.51. The quantitative estimate of drug-likeness (QED) is 0.581. The van der Waals surface area contributed by atoms with Gasteiger partial charge in [-0.1, -0.05) is 12.1 Å². The van der Waals surface area contributed by atoms with Crippen LogP contribution in [0.25, 0.3) is 15.3 Å². The average molecular weight is 391 g/mol. The highest BCUT2D eigenvalue weighted by Gasteiger charge is 2.23. The predicted molar refractivity (Wildman–Crippen MR) is 99.0 cm³/mol. The standard InChI is InChI=1S/C16H13N3O3S3/c1-9-3-4-10(2)13(7-9)25(21,22)18-14(20)12-8-11-15(24-12)17-16-19(11)5-6-23-16/h3-8H,1-2H3,(H,18,20). The summed E-state index contributed by atoms with van der Waals surface area (Å²) in [5.74, 6) is -0.645. The highest BCUT2D eigenvalue weighted by Crippen LogP contribution is 2.28. The van der Waals surface area contributed by atoms with Crippen molar-refractivity contribution < 1.29 is 13.2 Å². The number of thiophene rings is 1. The molecule has 4 aromatic rings. The molecule has 1 aromatic carbocycles. The van der Waals surface area contributed by atoms with Crippen molar-refractivity contribution in [2.75, 3.05) is 0 Å². The molecular weight excluding hydrogens is 378 g/mol. The molecule has 3 heterocycles. The molecule has 4 rings (SSSR count). The van der Waals surface area contributed by atoms with Crippen LogP contribution < -0.4 is 4.72 Å². The number of carbonyl (C=O) groups excluding carboxylic acids is 1. The van der Waals surface area contributed by atoms with Gasteiger partial charge in [0.05, 0.1) is 15.3 Å². The van der Waals surface area contributed by atoms with Crippen molar-refractivity contribution in [3.63, 3.8) is 0 Å². The van der Waals surface area contributed by atoms with Gasteiger partial charge in [-0.05, 0) is 37.1 Å². The van der Waals surface area contributed by atoms with Crippen LogP contribution >= 0.6 is 22.7 Å². The number of aromatic nitrogens is 2. The third-order valence-electron chi connectivity index (χ3n) is 3.82. The van der Waals surface area contributed by atoms with Gasteiger partial charge in [0.2, 0.25) is 0 Å². The number of amides is 1. The molecule has 0 unspecified atom stereocenters. The molecular formula is C16H13N3O3S3. The maximum absolute atomic E-state index is 12.6. The van der Waals surface area contributed by atoms with E-state index in [4.69, 9.17) is 0 Å². The van der Waals surface area contributed by atoms with Crippen LogP contribution in [0, 0.1) is 13.8 Å². The fourth-order valence-corrected chi connectivity index (χ4v) is 5.64. The largest absolute Gasteiger partial charge is 0.289 e. The van der Waals surface area contributed by atoms with Gasteiger partial charge in [-0.15, -0.1) is 22.7 Å². The minimum absolute atomic E-state index is 0.115. The molecule has 0 fully saturated rings. The monoisotopic (exact) mass is 391 g/mol. The lowest BCUT2D eigenvalue weighted by atomic mass is 10.2. The van der Waals surface area contributed by atoms with Gasteiger partial charge < -0.3 is 0 Å². The highest BCUT2D eigenvalue weighted by molar-refractivity contribution is 7.90. The molecule has 0 aliphatic heterocycles. The maximum Gasteiger partial charge on any atom is 0.275 e. The number of nitrogens with zero attached hydrogens (tertiary/aromatic N) is 2. The average Bonchev–Trinajstić information content (AvgIpc) is 3.20. The van der Waals surface area contributed by atoms with Gasteiger partial charge in [0.1, 0.15) is 4.83 Å². The topological polar surface area (TPSA) is 80.5 Å². The van der Waals surface area contributed by atoms with E-state index in [1.54, 1.807) is 32.0 Å². The summed E-state index contributed by atoms with van der Waals surface area (Å²) in [6.07, 6.45) is 1.87. The normalized spacial score (nSPS) is 12.1. The molecule has 0 saturated carbocycles. The van der Waals surface area contributed by atoms with Crippen molar-refractivity contribution in [2.24, 2.45) is 0 Å². The molecule has 128 valence electrons. The second-order valence-electron chi connectivity index (χ2n) is 5.67. The highest BCUT2D eigenvalue weighted by atomic mass is 32.2. The summed E-state index contributed by atoms with van der Waals surface area (Å²) in [5.41, 5.74) is 2.21. The van der Waals surface area contributed by atoms with E-state index in [-0.39, 0.29) is 4.90 Å². The van der Waals surface area contributed by atoms with Crippen molar-refractivity contribution in [3.05, 3.63) is 51.8 Å². The summed E-state index contributed by atoms with van der Waals surface area (Å²) in [4.78, 5) is 18.9. The first-order valence-electron chi connectivity index (χ1n) is 7.35. The van der Waals surface area contributed by atoms with Crippen molar-refractivity contribution in [1.29, 1.82) is 0 Å². The first kappa shape index (κ1) is 16.2. The number of rotatable bonds is 3. The van der Waals surface area contributed by atoms with Gasteiger partial charge in [0, 0.05) is 11.6 Å². The SMILES string of the molecule is Cc1ccc(C)c(S(=O)(=O)NC(=O)c2cc3c(nc4sccn43)s2)c1. The molecule has 1 amide bonds. The molecule has 3 aromatic heterocycles. The zero-order valence-corrected chi connectivity index (χ0v) is 15.8. The fraction of sp³-hybridized carbons (Fsp3) is 0.125. The lowest BCUT2D eigenvalue weighted by molar-refractivity contribution is 0.0985. The number of sulfonamides is 1. The van der Waals surface area contributed by atoms with E-state index >= 15 is 0 Å². The molecule has 0 aliphatic carbocycles. The van der Waals surface area contributed by atoms with Crippen LogP contribution in [0.4, 0.5) is 0 Å². The summed E-state index contributed by atoms with van der Waals surface area (Å²) in [5, 5.41) is 1.91. The number of fused-ring (bicyclic) bond motifs is 3. The number of benzene rings is 1. The lowest BCUT2D eigenvalue weighted by Crippen LogP contribution is -2.30. The maximum atomic E-state index is 12.6. The van der Waals surface area contributed by atoms with Crippen molar-refractivity contribution in [2.45, 2.75) is 18.7 Å². The molecule has 0 spiro atoms. The molecule has 0 bridgehead atoms. The van der Waals surface area contributed by atoms with Crippen LogP contribution in [0.2, 0.25) is 0 Å². The number of nitrogens with one attached hydrogen (secondary N) is 1. The van der Waals surface area contributed by atoms with E-state index in [2.05, 4.69) is 9.71 Å². The van der Waals surface area contributed by atoms with Gasteiger partial charge in [0.15, 0.2) is 4.96 Å². The van der Waals surface area contributed by atoms with Gasteiger partial charge in [0.25, 0.3) is 15.9 Å². The van der Waals surface area contributed by atoms with Crippen molar-refractivity contribution >= 4 is 53.9 Å². The van der Waals surface area contributed by atoms with E-state index < -0.39 is 15.9 Å². The Morgan fingerprint density at radius 1 is 1.24 bits per heavy atom. The Kier molecular flexibility index (Phi) is 3.67. The van der Waals surface area contributed by atoms with Gasteiger partial charge >= 0.3 is 0 Å². The Hall–Kier alpha value is -2.23. The minimum atomic E-state index is -3.93. The number of aryl methyl sites for hydroxylation is 2.